The fourth-order valence-electron chi connectivity index (χ4n) is 3.88. The fourth-order valence-corrected chi connectivity index (χ4v) is 3.88. The van der Waals surface area contributed by atoms with Crippen LogP contribution in [0.5, 0.6) is 0 Å². The van der Waals surface area contributed by atoms with Crippen molar-refractivity contribution in [3.8, 4) is 0 Å². The van der Waals surface area contributed by atoms with Crippen molar-refractivity contribution in [2.75, 3.05) is 0 Å². The molecule has 0 radical (unpaired) electrons. The van der Waals surface area contributed by atoms with Gasteiger partial charge in [-0.15, -0.1) is 0 Å². The summed E-state index contributed by atoms with van der Waals surface area (Å²) in [5, 5.41) is 0. The molecular formula is C16H23N3. The van der Waals surface area contributed by atoms with E-state index < -0.39 is 0 Å². The molecule has 1 aliphatic carbocycles. The number of nitrogens with zero attached hydrogens (tertiary/aromatic N) is 2. The first-order chi connectivity index (χ1) is 9.08. The number of hydrogen-bond acceptors (Lipinski definition) is 2. The Hall–Kier alpha value is -1.35. The molecule has 1 aromatic heterocycles. The Bertz CT molecular complexity index is 575. The second-order valence-electron chi connectivity index (χ2n) is 6.23. The molecule has 1 fully saturated rings. The van der Waals surface area contributed by atoms with Gasteiger partial charge in [0.1, 0.15) is 5.82 Å². The second kappa shape index (κ2) is 4.64. The maximum Gasteiger partial charge on any atom is 0.107 e. The largest absolute Gasteiger partial charge is 0.326 e. The highest BCUT2D eigenvalue weighted by molar-refractivity contribution is 5.76. The number of hydrogen-bond donors (Lipinski definition) is 1. The van der Waals surface area contributed by atoms with E-state index in [2.05, 4.69) is 48.5 Å². The third-order valence-corrected chi connectivity index (χ3v) is 4.54. The molecule has 0 aliphatic heterocycles. The van der Waals surface area contributed by atoms with Crippen LogP contribution in [0.25, 0.3) is 11.0 Å². The van der Waals surface area contributed by atoms with Crippen molar-refractivity contribution in [1.82, 2.24) is 9.55 Å². The molecular weight excluding hydrogens is 234 g/mol. The quantitative estimate of drug-likeness (QED) is 0.852. The lowest BCUT2D eigenvalue weighted by molar-refractivity contribution is 0.179. The zero-order chi connectivity index (χ0) is 13.6. The molecule has 1 aliphatic rings. The second-order valence-corrected chi connectivity index (χ2v) is 6.23. The van der Waals surface area contributed by atoms with Gasteiger partial charge in [0.15, 0.2) is 0 Å². The molecule has 1 aromatic carbocycles. The molecule has 0 spiro atoms. The van der Waals surface area contributed by atoms with Gasteiger partial charge in [0.25, 0.3) is 0 Å². The van der Waals surface area contributed by atoms with E-state index in [4.69, 9.17) is 5.73 Å². The van der Waals surface area contributed by atoms with E-state index in [-0.39, 0.29) is 6.04 Å². The van der Waals surface area contributed by atoms with Gasteiger partial charge < -0.3 is 10.3 Å². The Morgan fingerprint density at radius 3 is 2.68 bits per heavy atom. The smallest absolute Gasteiger partial charge is 0.107 e. The zero-order valence-corrected chi connectivity index (χ0v) is 12.0. The molecule has 4 atom stereocenters. The minimum absolute atomic E-state index is 0.232. The Balaban J connectivity index is 2.10. The monoisotopic (exact) mass is 257 g/mol. The van der Waals surface area contributed by atoms with Gasteiger partial charge in [-0.3, -0.25) is 0 Å². The van der Waals surface area contributed by atoms with Crippen molar-refractivity contribution in [2.24, 2.45) is 17.6 Å². The fraction of sp³-hybridized carbons (Fsp3) is 0.562. The molecule has 2 aromatic rings. The minimum atomic E-state index is 0.232. The van der Waals surface area contributed by atoms with Gasteiger partial charge in [-0.2, -0.15) is 0 Å². The zero-order valence-electron chi connectivity index (χ0n) is 12.0. The molecule has 2 N–H and O–H groups in total. The number of nitrogens with two attached hydrogens (primary N) is 1. The van der Waals surface area contributed by atoms with Gasteiger partial charge in [0, 0.05) is 6.04 Å². The average Bonchev–Trinajstić information content (AvgIpc) is 2.65. The lowest BCUT2D eigenvalue weighted by Gasteiger charge is -2.39. The van der Waals surface area contributed by atoms with Crippen molar-refractivity contribution in [3.63, 3.8) is 0 Å². The van der Waals surface area contributed by atoms with Crippen LogP contribution in [0.4, 0.5) is 0 Å². The first-order valence-corrected chi connectivity index (χ1v) is 7.27. The van der Waals surface area contributed by atoms with Crippen LogP contribution in [0.15, 0.2) is 24.3 Å². The average molecular weight is 257 g/mol. The molecule has 1 heterocycles. The first kappa shape index (κ1) is 12.7. The molecule has 0 saturated heterocycles. The summed E-state index contributed by atoms with van der Waals surface area (Å²) < 4.78 is 2.37. The van der Waals surface area contributed by atoms with Gasteiger partial charge >= 0.3 is 0 Å². The molecule has 3 heteroatoms. The van der Waals surface area contributed by atoms with E-state index >= 15 is 0 Å². The lowest BCUT2D eigenvalue weighted by atomic mass is 9.76. The van der Waals surface area contributed by atoms with E-state index in [1.165, 1.54) is 11.9 Å². The van der Waals surface area contributed by atoms with Crippen LogP contribution in [0.3, 0.4) is 0 Å². The highest BCUT2D eigenvalue weighted by Crippen LogP contribution is 2.38. The molecule has 3 nitrogen and oxygen atoms in total. The summed E-state index contributed by atoms with van der Waals surface area (Å²) in [7, 11) is 0. The van der Waals surface area contributed by atoms with Crippen LogP contribution in [0.1, 0.15) is 38.6 Å². The van der Waals surface area contributed by atoms with Crippen LogP contribution in [-0.4, -0.2) is 15.6 Å². The van der Waals surface area contributed by atoms with E-state index in [1.54, 1.807) is 0 Å². The van der Waals surface area contributed by atoms with E-state index in [9.17, 15) is 0 Å². The number of imidazole rings is 1. The standard InChI is InChI=1S/C16H23N3/c1-10-8-11(2)16(13(17)9-10)19-12(3)18-14-6-4-5-7-15(14)19/h4-7,10-11,13,16H,8-9,17H2,1-3H3. The molecule has 102 valence electrons. The molecule has 3 rings (SSSR count). The number of aryl methyl sites for hydroxylation is 1. The molecule has 0 amide bonds. The summed E-state index contributed by atoms with van der Waals surface area (Å²) in [5.74, 6) is 2.43. The van der Waals surface area contributed by atoms with Gasteiger partial charge in [0.05, 0.1) is 17.1 Å². The summed E-state index contributed by atoms with van der Waals surface area (Å²) >= 11 is 0. The van der Waals surface area contributed by atoms with Crippen molar-refractivity contribution in [3.05, 3.63) is 30.1 Å². The van der Waals surface area contributed by atoms with Crippen molar-refractivity contribution in [1.29, 1.82) is 0 Å². The molecule has 1 saturated carbocycles. The highest BCUT2D eigenvalue weighted by atomic mass is 15.1. The van der Waals surface area contributed by atoms with Gasteiger partial charge in [-0.1, -0.05) is 26.0 Å². The highest BCUT2D eigenvalue weighted by Gasteiger charge is 2.34. The van der Waals surface area contributed by atoms with Crippen LogP contribution in [-0.2, 0) is 0 Å². The van der Waals surface area contributed by atoms with Gasteiger partial charge in [0.2, 0.25) is 0 Å². The summed E-state index contributed by atoms with van der Waals surface area (Å²) in [6, 6.07) is 8.99. The number of benzene rings is 1. The minimum Gasteiger partial charge on any atom is -0.326 e. The van der Waals surface area contributed by atoms with Crippen LogP contribution >= 0.6 is 0 Å². The number of fused-ring (bicyclic) bond motifs is 1. The summed E-state index contributed by atoms with van der Waals surface area (Å²) in [6.45, 7) is 6.73. The molecule has 0 bridgehead atoms. The van der Waals surface area contributed by atoms with E-state index in [0.717, 1.165) is 23.7 Å². The van der Waals surface area contributed by atoms with Crippen LogP contribution < -0.4 is 5.73 Å². The predicted molar refractivity (Wildman–Crippen MR) is 79.0 cm³/mol. The Morgan fingerprint density at radius 1 is 1.21 bits per heavy atom. The molecule has 4 unspecified atom stereocenters. The normalized spacial score (nSPS) is 31.8. The third kappa shape index (κ3) is 2.06. The topological polar surface area (TPSA) is 43.8 Å². The van der Waals surface area contributed by atoms with Crippen LogP contribution in [0, 0.1) is 18.8 Å². The maximum atomic E-state index is 6.46. The SMILES string of the molecule is Cc1nc2ccccc2n1C1C(C)CC(C)CC1N. The van der Waals surface area contributed by atoms with E-state index in [0.29, 0.717) is 12.0 Å². The Kier molecular flexibility index (Phi) is 3.09. The van der Waals surface area contributed by atoms with Crippen molar-refractivity contribution in [2.45, 2.75) is 45.7 Å². The van der Waals surface area contributed by atoms with Gasteiger partial charge in [-0.25, -0.2) is 4.98 Å². The maximum absolute atomic E-state index is 6.46. The Morgan fingerprint density at radius 2 is 1.95 bits per heavy atom. The van der Waals surface area contributed by atoms with Gasteiger partial charge in [-0.05, 0) is 43.7 Å². The Labute approximate surface area is 114 Å². The number of para-hydroxylation sites is 2. The number of aromatic nitrogens is 2. The predicted octanol–water partition coefficient (Wildman–Crippen LogP) is 3.28. The third-order valence-electron chi connectivity index (χ3n) is 4.54. The number of rotatable bonds is 1. The summed E-state index contributed by atoms with van der Waals surface area (Å²) in [4.78, 5) is 4.68. The van der Waals surface area contributed by atoms with Crippen molar-refractivity contribution < 1.29 is 0 Å². The summed E-state index contributed by atoms with van der Waals surface area (Å²) in [5.41, 5.74) is 8.77. The summed E-state index contributed by atoms with van der Waals surface area (Å²) in [6.07, 6.45) is 2.37. The lowest BCUT2D eigenvalue weighted by Crippen LogP contribution is -2.42. The van der Waals surface area contributed by atoms with E-state index in [1.807, 2.05) is 6.07 Å². The first-order valence-electron chi connectivity index (χ1n) is 7.27. The van der Waals surface area contributed by atoms with Crippen molar-refractivity contribution >= 4 is 11.0 Å². The van der Waals surface area contributed by atoms with Crippen LogP contribution in [0.2, 0.25) is 0 Å². The molecule has 19 heavy (non-hydrogen) atoms.